The monoisotopic (exact) mass is 401 g/mol. The molecule has 2 aromatic rings. The van der Waals surface area contributed by atoms with Crippen LogP contribution in [0.4, 0.5) is 0 Å². The first-order valence-corrected chi connectivity index (χ1v) is 10.5. The number of aryl methyl sites for hydroxylation is 1. The van der Waals surface area contributed by atoms with E-state index in [1.54, 1.807) is 18.3 Å². The van der Waals surface area contributed by atoms with Crippen LogP contribution in [0.25, 0.3) is 0 Å². The van der Waals surface area contributed by atoms with E-state index in [1.165, 1.54) is 22.9 Å². The summed E-state index contributed by atoms with van der Waals surface area (Å²) in [6.07, 6.45) is 3.79. The van der Waals surface area contributed by atoms with Crippen molar-refractivity contribution in [1.29, 1.82) is 0 Å². The molecule has 0 saturated carbocycles. The van der Waals surface area contributed by atoms with Crippen LogP contribution in [-0.2, 0) is 11.2 Å². The van der Waals surface area contributed by atoms with Crippen LogP contribution in [0.5, 0.6) is 0 Å². The Morgan fingerprint density at radius 2 is 2.19 bits per heavy atom. The Bertz CT molecular complexity index is 813. The Morgan fingerprint density at radius 1 is 1.33 bits per heavy atom. The van der Waals surface area contributed by atoms with Gasteiger partial charge in [-0.25, -0.2) is 9.78 Å². The molecule has 7 heteroatoms. The fourth-order valence-corrected chi connectivity index (χ4v) is 4.06. The number of fused-ring (bicyclic) bond motifs is 1. The van der Waals surface area contributed by atoms with E-state index in [-0.39, 0.29) is 18.6 Å². The van der Waals surface area contributed by atoms with Gasteiger partial charge >= 0.3 is 5.97 Å². The van der Waals surface area contributed by atoms with E-state index in [9.17, 15) is 4.79 Å². The Labute approximate surface area is 169 Å². The predicted octanol–water partition coefficient (Wildman–Crippen LogP) is 3.50. The first kappa shape index (κ1) is 19.6. The van der Waals surface area contributed by atoms with Gasteiger partial charge in [0.2, 0.25) is 0 Å². The number of nitrogens with zero attached hydrogens (tertiary/aromatic N) is 1. The quantitative estimate of drug-likeness (QED) is 0.319. The molecule has 2 N–H and O–H groups in total. The molecule has 1 aromatic heterocycles. The molecule has 1 aromatic carbocycles. The highest BCUT2D eigenvalue weighted by Crippen LogP contribution is 2.30. The molecule has 0 radical (unpaired) electrons. The zero-order valence-corrected chi connectivity index (χ0v) is 16.9. The van der Waals surface area contributed by atoms with E-state index in [0.717, 1.165) is 18.6 Å². The maximum absolute atomic E-state index is 12.2. The highest BCUT2D eigenvalue weighted by atomic mass is 32.2. The molecule has 0 bridgehead atoms. The van der Waals surface area contributed by atoms with Crippen LogP contribution >= 0.6 is 24.0 Å². The summed E-state index contributed by atoms with van der Waals surface area (Å²) in [4.78, 5) is 16.5. The molecular formula is C20H23N3O2S2. The number of esters is 1. The molecule has 0 amide bonds. The van der Waals surface area contributed by atoms with E-state index in [2.05, 4.69) is 39.9 Å². The van der Waals surface area contributed by atoms with Crippen molar-refractivity contribution in [2.24, 2.45) is 0 Å². The van der Waals surface area contributed by atoms with Crippen LogP contribution in [0.1, 0.15) is 40.9 Å². The number of aromatic nitrogens is 1. The van der Waals surface area contributed by atoms with Gasteiger partial charge in [-0.2, -0.15) is 0 Å². The standard InChI is InChI=1S/C20H23N3O2S2/c1-2-27-18-16(8-5-11-21-18)19(24)25-13-12-22-20(26)23-17-10-9-14-6-3-4-7-15(14)17/h3-8,11,17H,2,9-10,12-13H2,1H3,(H2,22,23,26)/t17-/m0/s1. The van der Waals surface area contributed by atoms with E-state index in [0.29, 0.717) is 22.2 Å². The molecule has 5 nitrogen and oxygen atoms in total. The highest BCUT2D eigenvalue weighted by Gasteiger charge is 2.22. The van der Waals surface area contributed by atoms with Crippen molar-refractivity contribution in [3.63, 3.8) is 0 Å². The lowest BCUT2D eigenvalue weighted by atomic mass is 10.1. The van der Waals surface area contributed by atoms with Gasteiger partial charge in [-0.15, -0.1) is 11.8 Å². The largest absolute Gasteiger partial charge is 0.460 e. The van der Waals surface area contributed by atoms with E-state index in [1.807, 2.05) is 6.92 Å². The van der Waals surface area contributed by atoms with Crippen molar-refractivity contribution in [3.8, 4) is 0 Å². The number of nitrogens with one attached hydrogen (secondary N) is 2. The SMILES string of the molecule is CCSc1ncccc1C(=O)OCCNC(=S)N[C@H]1CCc2ccccc21. The number of carbonyl (C=O) groups excluding carboxylic acids is 1. The van der Waals surface area contributed by atoms with Crippen LogP contribution in [0.3, 0.4) is 0 Å². The highest BCUT2D eigenvalue weighted by molar-refractivity contribution is 7.99. The molecule has 1 heterocycles. The lowest BCUT2D eigenvalue weighted by molar-refractivity contribution is 0.0507. The second-order valence-corrected chi connectivity index (χ2v) is 7.78. The number of carbonyl (C=O) groups is 1. The average molecular weight is 402 g/mol. The van der Waals surface area contributed by atoms with E-state index in [4.69, 9.17) is 17.0 Å². The van der Waals surface area contributed by atoms with Gasteiger partial charge in [0.05, 0.1) is 18.2 Å². The third-order valence-electron chi connectivity index (χ3n) is 4.33. The number of ether oxygens (including phenoxy) is 1. The molecule has 1 aliphatic rings. The van der Waals surface area contributed by atoms with Crippen molar-refractivity contribution in [1.82, 2.24) is 15.6 Å². The van der Waals surface area contributed by atoms with Crippen molar-refractivity contribution < 1.29 is 9.53 Å². The lowest BCUT2D eigenvalue weighted by Crippen LogP contribution is -2.38. The van der Waals surface area contributed by atoms with Crippen LogP contribution in [0.2, 0.25) is 0 Å². The minimum atomic E-state index is -0.357. The topological polar surface area (TPSA) is 63.2 Å². The fourth-order valence-electron chi connectivity index (χ4n) is 3.10. The van der Waals surface area contributed by atoms with Crippen LogP contribution < -0.4 is 10.6 Å². The van der Waals surface area contributed by atoms with Crippen molar-refractivity contribution in [3.05, 3.63) is 59.3 Å². The predicted molar refractivity (Wildman–Crippen MR) is 112 cm³/mol. The summed E-state index contributed by atoms with van der Waals surface area (Å²) in [5.41, 5.74) is 3.20. The van der Waals surface area contributed by atoms with E-state index < -0.39 is 0 Å². The number of rotatable bonds is 7. The fraction of sp³-hybridized carbons (Fsp3) is 0.350. The summed E-state index contributed by atoms with van der Waals surface area (Å²) in [7, 11) is 0. The maximum Gasteiger partial charge on any atom is 0.340 e. The minimum Gasteiger partial charge on any atom is -0.460 e. The van der Waals surface area contributed by atoms with Gasteiger partial charge in [-0.3, -0.25) is 0 Å². The Kier molecular flexibility index (Phi) is 7.06. The second-order valence-electron chi connectivity index (χ2n) is 6.12. The zero-order chi connectivity index (χ0) is 19.1. The summed E-state index contributed by atoms with van der Waals surface area (Å²) >= 11 is 6.90. The Balaban J connectivity index is 1.42. The first-order valence-electron chi connectivity index (χ1n) is 9.06. The van der Waals surface area contributed by atoms with Gasteiger partial charge in [0.15, 0.2) is 5.11 Å². The van der Waals surface area contributed by atoms with Crippen molar-refractivity contribution in [2.75, 3.05) is 18.9 Å². The molecule has 0 aliphatic heterocycles. The molecule has 0 unspecified atom stereocenters. The number of thioether (sulfide) groups is 1. The number of hydrogen-bond donors (Lipinski definition) is 2. The second kappa shape index (κ2) is 9.71. The molecule has 142 valence electrons. The number of pyridine rings is 1. The summed E-state index contributed by atoms with van der Waals surface area (Å²) in [5, 5.41) is 7.74. The smallest absolute Gasteiger partial charge is 0.340 e. The number of thiocarbonyl (C=S) groups is 1. The third-order valence-corrected chi connectivity index (χ3v) is 5.48. The normalized spacial score (nSPS) is 15.1. The Hall–Kier alpha value is -2.12. The molecule has 3 rings (SSSR count). The van der Waals surface area contributed by atoms with E-state index >= 15 is 0 Å². The maximum atomic E-state index is 12.2. The summed E-state index contributed by atoms with van der Waals surface area (Å²) in [6.45, 7) is 2.73. The molecule has 27 heavy (non-hydrogen) atoms. The molecule has 1 aliphatic carbocycles. The van der Waals surface area contributed by atoms with Crippen LogP contribution in [0, 0.1) is 0 Å². The summed E-state index contributed by atoms with van der Waals surface area (Å²) in [6, 6.07) is 12.2. The van der Waals surface area contributed by atoms with Crippen molar-refractivity contribution >= 4 is 35.1 Å². The van der Waals surface area contributed by atoms with Crippen LogP contribution in [-0.4, -0.2) is 35.0 Å². The molecule has 0 saturated heterocycles. The number of hydrogen-bond acceptors (Lipinski definition) is 5. The van der Waals surface area contributed by atoms with Crippen LogP contribution in [0.15, 0.2) is 47.6 Å². The Morgan fingerprint density at radius 3 is 3.04 bits per heavy atom. The first-order chi connectivity index (χ1) is 13.2. The average Bonchev–Trinajstić information content (AvgIpc) is 3.09. The van der Waals surface area contributed by atoms with Crippen molar-refractivity contribution in [2.45, 2.75) is 30.8 Å². The molecular weight excluding hydrogens is 378 g/mol. The third kappa shape index (κ3) is 5.20. The molecule has 1 atom stereocenters. The number of benzene rings is 1. The van der Waals surface area contributed by atoms with Gasteiger partial charge < -0.3 is 15.4 Å². The lowest BCUT2D eigenvalue weighted by Gasteiger charge is -2.17. The zero-order valence-electron chi connectivity index (χ0n) is 15.2. The summed E-state index contributed by atoms with van der Waals surface area (Å²) in [5.74, 6) is 0.493. The van der Waals surface area contributed by atoms with Gasteiger partial charge in [0.1, 0.15) is 11.6 Å². The van der Waals surface area contributed by atoms with Gasteiger partial charge in [-0.05, 0) is 54.1 Å². The van der Waals surface area contributed by atoms with Gasteiger partial charge in [-0.1, -0.05) is 31.2 Å². The minimum absolute atomic E-state index is 0.243. The van der Waals surface area contributed by atoms with Gasteiger partial charge in [0, 0.05) is 6.20 Å². The van der Waals surface area contributed by atoms with Gasteiger partial charge in [0.25, 0.3) is 0 Å². The molecule has 0 spiro atoms. The molecule has 0 fully saturated rings. The summed E-state index contributed by atoms with van der Waals surface area (Å²) < 4.78 is 5.35.